The second-order valence-corrected chi connectivity index (χ2v) is 4.50. The number of fused-ring (bicyclic) bond motifs is 1. The van der Waals surface area contributed by atoms with Crippen molar-refractivity contribution in [3.63, 3.8) is 0 Å². The van der Waals surface area contributed by atoms with Crippen LogP contribution >= 0.6 is 0 Å². The fourth-order valence-electron chi connectivity index (χ4n) is 2.33. The molecule has 0 amide bonds. The number of hydrogen-bond acceptors (Lipinski definition) is 2. The molecule has 0 saturated heterocycles. The Labute approximate surface area is 82.5 Å². The minimum Gasteiger partial charge on any atom is -0.298 e. The van der Waals surface area contributed by atoms with E-state index in [2.05, 4.69) is 10.00 Å². The van der Waals surface area contributed by atoms with E-state index in [1.165, 1.54) is 6.42 Å². The highest BCUT2D eigenvalue weighted by Gasteiger charge is 2.28. The van der Waals surface area contributed by atoms with Crippen molar-refractivity contribution < 1.29 is 0 Å². The third-order valence-electron chi connectivity index (χ3n) is 3.39. The summed E-state index contributed by atoms with van der Waals surface area (Å²) in [4.78, 5) is 14.1. The van der Waals surface area contributed by atoms with E-state index in [1.807, 2.05) is 11.7 Å². The molecule has 0 bridgehead atoms. The molecule has 2 aliphatic rings. The van der Waals surface area contributed by atoms with Crippen LogP contribution < -0.4 is 5.56 Å². The number of nitrogens with zero attached hydrogens (tertiary/aromatic N) is 2. The zero-order chi connectivity index (χ0) is 9.71. The molecule has 0 radical (unpaired) electrons. The van der Waals surface area contributed by atoms with E-state index >= 15 is 0 Å². The summed E-state index contributed by atoms with van der Waals surface area (Å²) in [5, 5.41) is 3.26. The maximum Gasteiger partial charge on any atom is 0.271 e. The maximum atomic E-state index is 11.9. The molecular weight excluding hydrogens is 178 g/mol. The third-order valence-corrected chi connectivity index (χ3v) is 3.39. The first-order chi connectivity index (χ1) is 6.75. The molecule has 1 aromatic heterocycles. The first kappa shape index (κ1) is 8.29. The van der Waals surface area contributed by atoms with Crippen molar-refractivity contribution in [3.05, 3.63) is 21.6 Å². The van der Waals surface area contributed by atoms with E-state index in [0.29, 0.717) is 6.04 Å². The summed E-state index contributed by atoms with van der Waals surface area (Å²) in [6, 6.07) is 0.457. The highest BCUT2D eigenvalue weighted by molar-refractivity contribution is 5.21. The van der Waals surface area contributed by atoms with Crippen molar-refractivity contribution in [3.8, 4) is 0 Å². The normalized spacial score (nSPS) is 22.4. The Morgan fingerprint density at radius 1 is 1.36 bits per heavy atom. The second kappa shape index (κ2) is 2.73. The standard InChI is InChI=1S/C10H15N3O/c1-12-5-8-9(6-12)11-13(10(8)14)7-3-2-4-7/h7,11H,2-6H2,1H3. The van der Waals surface area contributed by atoms with Crippen molar-refractivity contribution in [1.82, 2.24) is 14.7 Å². The van der Waals surface area contributed by atoms with Gasteiger partial charge in [0, 0.05) is 13.1 Å². The van der Waals surface area contributed by atoms with Crippen LogP contribution in [0.3, 0.4) is 0 Å². The van der Waals surface area contributed by atoms with Crippen LogP contribution in [0, 0.1) is 0 Å². The zero-order valence-electron chi connectivity index (χ0n) is 8.42. The molecule has 1 N–H and O–H groups in total. The summed E-state index contributed by atoms with van der Waals surface area (Å²) < 4.78 is 1.85. The van der Waals surface area contributed by atoms with Crippen LogP contribution in [0.15, 0.2) is 4.79 Å². The molecule has 14 heavy (non-hydrogen) atoms. The summed E-state index contributed by atoms with van der Waals surface area (Å²) in [5.74, 6) is 0. The summed E-state index contributed by atoms with van der Waals surface area (Å²) in [6.45, 7) is 1.70. The van der Waals surface area contributed by atoms with E-state index < -0.39 is 0 Å². The summed E-state index contributed by atoms with van der Waals surface area (Å²) >= 11 is 0. The molecule has 4 nitrogen and oxygen atoms in total. The fraction of sp³-hybridized carbons (Fsp3) is 0.700. The summed E-state index contributed by atoms with van der Waals surface area (Å²) in [7, 11) is 2.04. The van der Waals surface area contributed by atoms with Crippen molar-refractivity contribution in [2.75, 3.05) is 7.05 Å². The first-order valence-electron chi connectivity index (χ1n) is 5.26. The quantitative estimate of drug-likeness (QED) is 0.718. The monoisotopic (exact) mass is 193 g/mol. The largest absolute Gasteiger partial charge is 0.298 e. The lowest BCUT2D eigenvalue weighted by Crippen LogP contribution is -2.29. The molecule has 2 heterocycles. The number of rotatable bonds is 1. The van der Waals surface area contributed by atoms with Gasteiger partial charge in [0.05, 0.1) is 17.3 Å². The van der Waals surface area contributed by atoms with Crippen LogP contribution in [0.25, 0.3) is 0 Å². The van der Waals surface area contributed by atoms with Crippen molar-refractivity contribution in [2.24, 2.45) is 0 Å². The third kappa shape index (κ3) is 1.00. The Morgan fingerprint density at radius 2 is 2.14 bits per heavy atom. The molecule has 3 rings (SSSR count). The van der Waals surface area contributed by atoms with Crippen LogP contribution in [0.4, 0.5) is 0 Å². The smallest absolute Gasteiger partial charge is 0.271 e. The van der Waals surface area contributed by atoms with Gasteiger partial charge < -0.3 is 0 Å². The minimum absolute atomic E-state index is 0.217. The highest BCUT2D eigenvalue weighted by Crippen LogP contribution is 2.30. The predicted molar refractivity (Wildman–Crippen MR) is 53.1 cm³/mol. The van der Waals surface area contributed by atoms with Crippen LogP contribution in [0.2, 0.25) is 0 Å². The molecule has 0 atom stereocenters. The van der Waals surface area contributed by atoms with Crippen LogP contribution in [-0.2, 0) is 13.1 Å². The predicted octanol–water partition coefficient (Wildman–Crippen LogP) is 0.847. The van der Waals surface area contributed by atoms with Crippen molar-refractivity contribution in [1.29, 1.82) is 0 Å². The molecule has 1 aromatic rings. The number of aromatic amines is 1. The molecule has 1 saturated carbocycles. The van der Waals surface area contributed by atoms with Gasteiger partial charge in [-0.3, -0.25) is 14.8 Å². The van der Waals surface area contributed by atoms with E-state index in [-0.39, 0.29) is 5.56 Å². The lowest BCUT2D eigenvalue weighted by Gasteiger charge is -2.25. The SMILES string of the molecule is CN1Cc2[nH]n(C3CCC3)c(=O)c2C1. The fourth-order valence-corrected chi connectivity index (χ4v) is 2.33. The number of nitrogens with one attached hydrogen (secondary N) is 1. The molecule has 76 valence electrons. The summed E-state index contributed by atoms with van der Waals surface area (Å²) in [5.41, 5.74) is 2.33. The van der Waals surface area contributed by atoms with Gasteiger partial charge in [0.15, 0.2) is 0 Å². The lowest BCUT2D eigenvalue weighted by molar-refractivity contribution is 0.273. The van der Waals surface area contributed by atoms with E-state index in [1.54, 1.807) is 0 Å². The molecule has 0 unspecified atom stereocenters. The average molecular weight is 193 g/mol. The Bertz CT molecular complexity index is 413. The van der Waals surface area contributed by atoms with Gasteiger partial charge in [0.1, 0.15) is 0 Å². The Balaban J connectivity index is 2.01. The Kier molecular flexibility index (Phi) is 1.62. The first-order valence-corrected chi connectivity index (χ1v) is 5.26. The van der Waals surface area contributed by atoms with Crippen LogP contribution in [0.5, 0.6) is 0 Å². The average Bonchev–Trinajstić information content (AvgIpc) is 2.51. The number of H-pyrrole nitrogens is 1. The van der Waals surface area contributed by atoms with Crippen LogP contribution in [0.1, 0.15) is 36.6 Å². The van der Waals surface area contributed by atoms with Crippen molar-refractivity contribution in [2.45, 2.75) is 38.4 Å². The maximum absolute atomic E-state index is 11.9. The molecular formula is C10H15N3O. The van der Waals surface area contributed by atoms with E-state index in [9.17, 15) is 4.79 Å². The van der Waals surface area contributed by atoms with Gasteiger partial charge in [-0.25, -0.2) is 4.68 Å². The lowest BCUT2D eigenvalue weighted by atomic mass is 9.93. The molecule has 1 aliphatic carbocycles. The van der Waals surface area contributed by atoms with Gasteiger partial charge in [-0.2, -0.15) is 0 Å². The van der Waals surface area contributed by atoms with Gasteiger partial charge in [-0.1, -0.05) is 0 Å². The van der Waals surface area contributed by atoms with Crippen LogP contribution in [-0.4, -0.2) is 21.7 Å². The molecule has 0 spiro atoms. The Hall–Kier alpha value is -1.03. The second-order valence-electron chi connectivity index (χ2n) is 4.50. The van der Waals surface area contributed by atoms with E-state index in [4.69, 9.17) is 0 Å². The molecule has 1 aliphatic heterocycles. The van der Waals surface area contributed by atoms with Crippen molar-refractivity contribution >= 4 is 0 Å². The number of hydrogen-bond donors (Lipinski definition) is 1. The van der Waals surface area contributed by atoms with Gasteiger partial charge in [-0.05, 0) is 26.3 Å². The Morgan fingerprint density at radius 3 is 2.71 bits per heavy atom. The molecule has 4 heteroatoms. The zero-order valence-corrected chi connectivity index (χ0v) is 8.42. The van der Waals surface area contributed by atoms with Gasteiger partial charge in [0.25, 0.3) is 5.56 Å². The number of aromatic nitrogens is 2. The minimum atomic E-state index is 0.217. The topological polar surface area (TPSA) is 41.0 Å². The van der Waals surface area contributed by atoms with Gasteiger partial charge in [0.2, 0.25) is 0 Å². The highest BCUT2D eigenvalue weighted by atomic mass is 16.1. The summed E-state index contributed by atoms with van der Waals surface area (Å²) in [6.07, 6.45) is 3.59. The van der Waals surface area contributed by atoms with Gasteiger partial charge >= 0.3 is 0 Å². The van der Waals surface area contributed by atoms with Gasteiger partial charge in [-0.15, -0.1) is 0 Å². The molecule has 1 fully saturated rings. The molecule has 0 aromatic carbocycles. The van der Waals surface area contributed by atoms with E-state index in [0.717, 1.165) is 37.2 Å².